The second kappa shape index (κ2) is 34.9. The molecule has 0 aliphatic carbocycles. The molecule has 0 saturated carbocycles. The van der Waals surface area contributed by atoms with Crippen LogP contribution < -0.4 is 36.3 Å². The van der Waals surface area contributed by atoms with E-state index < -0.39 is 0 Å². The minimum absolute atomic E-state index is 0. The minimum Gasteiger partial charge on any atom is -1.00 e. The van der Waals surface area contributed by atoms with Crippen LogP contribution in [0.15, 0.2) is 72.8 Å². The quantitative estimate of drug-likeness (QED) is 0.0407. The van der Waals surface area contributed by atoms with Gasteiger partial charge in [-0.3, -0.25) is 0 Å². The van der Waals surface area contributed by atoms with Gasteiger partial charge in [-0.15, -0.1) is 11.6 Å². The van der Waals surface area contributed by atoms with Gasteiger partial charge in [0.25, 0.3) is 0 Å². The van der Waals surface area contributed by atoms with Crippen molar-refractivity contribution in [2.75, 3.05) is 136 Å². The van der Waals surface area contributed by atoms with E-state index in [1.54, 1.807) is 12.1 Å². The molecule has 71 heavy (non-hydrogen) atoms. The van der Waals surface area contributed by atoms with Crippen LogP contribution in [0.1, 0.15) is 49.9 Å². The first-order valence-corrected chi connectivity index (χ1v) is 25.3. The van der Waals surface area contributed by atoms with Gasteiger partial charge in [-0.25, -0.2) is 0 Å². The number of hydrogen-bond donors (Lipinski definition) is 5. The van der Waals surface area contributed by atoms with Crippen molar-refractivity contribution in [3.05, 3.63) is 95.1 Å². The van der Waals surface area contributed by atoms with E-state index in [2.05, 4.69) is 154 Å². The number of ether oxygens (including phenoxy) is 4. The molecule has 0 aliphatic heterocycles. The van der Waals surface area contributed by atoms with Crippen molar-refractivity contribution in [3.63, 3.8) is 0 Å². The number of rotatable bonds is 28. The van der Waals surface area contributed by atoms with E-state index in [-0.39, 0.29) is 35.4 Å². The van der Waals surface area contributed by atoms with E-state index in [4.69, 9.17) is 30.5 Å². The Bertz CT molecular complexity index is 1920. The van der Waals surface area contributed by atoms with Gasteiger partial charge in [0.1, 0.15) is 26.4 Å². The molecule has 0 fully saturated rings. The van der Waals surface area contributed by atoms with Crippen molar-refractivity contribution in [1.82, 2.24) is 19.6 Å². The molecule has 402 valence electrons. The molecule has 13 nitrogen and oxygen atoms in total. The maximum absolute atomic E-state index is 9.54. The Morgan fingerprint density at radius 3 is 0.930 bits per heavy atom. The molecule has 4 rings (SSSR count). The van der Waals surface area contributed by atoms with Crippen LogP contribution in [0.3, 0.4) is 0 Å². The predicted octanol–water partition coefficient (Wildman–Crippen LogP) is 4.45. The summed E-state index contributed by atoms with van der Waals surface area (Å²) < 4.78 is 24.5. The first kappa shape index (κ1) is 64.7. The fraction of sp³-hybridized carbons (Fsp3) is 0.571. The summed E-state index contributed by atoms with van der Waals surface area (Å²) in [5, 5.41) is 37.8. The van der Waals surface area contributed by atoms with E-state index >= 15 is 0 Å². The number of aromatic hydroxyl groups is 4. The zero-order valence-electron chi connectivity index (χ0n) is 45.6. The van der Waals surface area contributed by atoms with Crippen LogP contribution in [0.5, 0.6) is 46.0 Å². The first-order valence-electron chi connectivity index (χ1n) is 24.8. The molecular weight excluding hydrogens is 942 g/mol. The van der Waals surface area contributed by atoms with Gasteiger partial charge in [-0.2, -0.15) is 0 Å². The Kier molecular flexibility index (Phi) is 31.8. The third-order valence-corrected chi connectivity index (χ3v) is 12.2. The lowest BCUT2D eigenvalue weighted by Crippen LogP contribution is -3.06. The average molecular weight is 1030 g/mol. The highest BCUT2D eigenvalue weighted by Crippen LogP contribution is 2.34. The van der Waals surface area contributed by atoms with Gasteiger partial charge in [-0.1, -0.05) is 52.0 Å². The van der Waals surface area contributed by atoms with Gasteiger partial charge in [0, 0.05) is 26.2 Å². The Labute approximate surface area is 439 Å². The average Bonchev–Trinajstić information content (AvgIpc) is 3.27. The molecule has 0 unspecified atom stereocenters. The zero-order chi connectivity index (χ0) is 52.3. The maximum atomic E-state index is 9.54. The number of alkyl halides is 1. The molecule has 4 atom stereocenters. The molecule has 0 spiro atoms. The molecule has 15 heteroatoms. The largest absolute Gasteiger partial charge is 1.00 e. The maximum Gasteiger partial charge on any atom is 0.161 e. The standard InChI is InChI=1S/C34H58N4O4.C18H22O4.C4H10ClN.ClH/c1-27(23-29-11-13-31(39-19-15-35(3)4)33(25-29)41-21-17-37(7)8)28(2)24-30-12-14-32(40-20-16-36(5)6)34(26-30)42-22-18-38(9)10;1-11(7-13-3-5-15(19)17(21)9-13)12(2)8-14-4-6-16(20)18(22)10-14;1-6(2)4-3-5;/h11-14,25-28H,15-24H2,1-10H3;3-6,9-12,19-22H,7-8H2,1-2H3;3-4H2,1-2H3;1H/t27-,28+;11-,12+;;. The van der Waals surface area contributed by atoms with Crippen molar-refractivity contribution < 1.29 is 56.7 Å². The smallest absolute Gasteiger partial charge is 0.161 e. The Morgan fingerprint density at radius 2 is 0.690 bits per heavy atom. The van der Waals surface area contributed by atoms with Crippen molar-refractivity contribution in [1.29, 1.82) is 0 Å². The molecule has 4 aromatic carbocycles. The third kappa shape index (κ3) is 27.3. The number of likely N-dealkylation sites (N-methyl/N-ethyl adjacent to an activating group) is 4. The molecule has 0 bridgehead atoms. The van der Waals surface area contributed by atoms with E-state index in [1.807, 2.05) is 12.1 Å². The van der Waals surface area contributed by atoms with E-state index in [1.165, 1.54) is 28.2 Å². The lowest BCUT2D eigenvalue weighted by Gasteiger charge is -2.22. The predicted molar refractivity (Wildman–Crippen MR) is 288 cm³/mol. The van der Waals surface area contributed by atoms with Crippen molar-refractivity contribution in [2.45, 2.75) is 53.4 Å². The summed E-state index contributed by atoms with van der Waals surface area (Å²) in [4.78, 5) is 9.90. The van der Waals surface area contributed by atoms with Crippen LogP contribution >= 0.6 is 11.6 Å². The molecule has 4 aromatic rings. The van der Waals surface area contributed by atoms with Crippen LogP contribution in [-0.2, 0) is 25.7 Å². The van der Waals surface area contributed by atoms with Crippen molar-refractivity contribution >= 4 is 11.6 Å². The first-order chi connectivity index (χ1) is 33.1. The molecular formula is C56H91Cl2N5O8. The van der Waals surface area contributed by atoms with Gasteiger partial charge in [0.15, 0.2) is 46.0 Å². The molecule has 0 aliphatic rings. The summed E-state index contributed by atoms with van der Waals surface area (Å²) in [6, 6.07) is 22.6. The molecule has 0 radical (unpaired) electrons. The van der Waals surface area contributed by atoms with Gasteiger partial charge in [0.2, 0.25) is 0 Å². The van der Waals surface area contributed by atoms with Gasteiger partial charge in [0.05, 0.1) is 26.5 Å². The number of nitrogens with one attached hydrogen (secondary N) is 1. The summed E-state index contributed by atoms with van der Waals surface area (Å²) >= 11 is 5.38. The SMILES string of the molecule is C[C@H](Cc1ccc(O)c(O)c1)[C@@H](C)Cc1ccc(O)c(O)c1.C[C@H](Cc1ccc(OCCN(C)C)c(OCCN(C)C)c1)[C@@H](C)Cc1ccc(OCCN(C)C)c(OCCN(C)C)c1.C[NH+](C)CCCl.[Cl-]. The summed E-state index contributed by atoms with van der Waals surface area (Å²) in [6.45, 7) is 15.9. The van der Waals surface area contributed by atoms with Gasteiger partial charge >= 0.3 is 0 Å². The van der Waals surface area contributed by atoms with Crippen LogP contribution in [0, 0.1) is 23.7 Å². The lowest BCUT2D eigenvalue weighted by molar-refractivity contribution is -0.855. The monoisotopic (exact) mass is 1030 g/mol. The Balaban J connectivity index is 0.000000720. The summed E-state index contributed by atoms with van der Waals surface area (Å²) in [6.07, 6.45) is 3.53. The van der Waals surface area contributed by atoms with Crippen molar-refractivity contribution in [3.8, 4) is 46.0 Å². The highest BCUT2D eigenvalue weighted by Gasteiger charge is 2.19. The van der Waals surface area contributed by atoms with Gasteiger partial charge in [-0.05, 0) is 177 Å². The van der Waals surface area contributed by atoms with Crippen LogP contribution in [0.4, 0.5) is 0 Å². The third-order valence-electron chi connectivity index (χ3n) is 12.0. The normalized spacial score (nSPS) is 12.9. The van der Waals surface area contributed by atoms with E-state index in [9.17, 15) is 20.4 Å². The van der Waals surface area contributed by atoms with Crippen LogP contribution in [-0.4, -0.2) is 176 Å². The number of phenolic OH excluding ortho intramolecular Hbond substituents is 4. The number of phenols is 4. The second-order valence-electron chi connectivity index (χ2n) is 20.2. The lowest BCUT2D eigenvalue weighted by atomic mass is 9.85. The molecule has 0 amide bonds. The highest BCUT2D eigenvalue weighted by atomic mass is 35.5. The van der Waals surface area contributed by atoms with E-state index in [0.717, 1.165) is 98.4 Å². The van der Waals surface area contributed by atoms with Crippen LogP contribution in [0.25, 0.3) is 0 Å². The number of hydrogen-bond acceptors (Lipinski definition) is 12. The number of nitrogens with zero attached hydrogens (tertiary/aromatic N) is 4. The Morgan fingerprint density at radius 1 is 0.423 bits per heavy atom. The fourth-order valence-electron chi connectivity index (χ4n) is 7.05. The highest BCUT2D eigenvalue weighted by molar-refractivity contribution is 6.17. The molecule has 5 N–H and O–H groups in total. The topological polar surface area (TPSA) is 135 Å². The van der Waals surface area contributed by atoms with E-state index in [0.29, 0.717) is 50.1 Å². The number of benzene rings is 4. The molecule has 0 aromatic heterocycles. The number of halogens is 2. The summed E-state index contributed by atoms with van der Waals surface area (Å²) in [5.41, 5.74) is 4.49. The minimum atomic E-state index is -0.107. The van der Waals surface area contributed by atoms with Gasteiger partial charge < -0.3 is 76.3 Å². The van der Waals surface area contributed by atoms with Crippen molar-refractivity contribution in [2.24, 2.45) is 23.7 Å². The zero-order valence-corrected chi connectivity index (χ0v) is 47.1. The Hall–Kier alpha value is -4.34. The molecule has 0 heterocycles. The summed E-state index contributed by atoms with van der Waals surface area (Å²) in [7, 11) is 20.6. The number of quaternary nitrogens is 1. The second-order valence-corrected chi connectivity index (χ2v) is 20.6. The fourth-order valence-corrected chi connectivity index (χ4v) is 7.43. The van der Waals surface area contributed by atoms with Crippen LogP contribution in [0.2, 0.25) is 0 Å². The summed E-state index contributed by atoms with van der Waals surface area (Å²) in [5.74, 6) is 5.33. The molecule has 0 saturated heterocycles.